The zero-order valence-electron chi connectivity index (χ0n) is 30.7. The van der Waals surface area contributed by atoms with Crippen molar-refractivity contribution in [3.63, 3.8) is 0 Å². The molecule has 0 bridgehead atoms. The van der Waals surface area contributed by atoms with Crippen LogP contribution in [0.15, 0.2) is 48.5 Å². The average molecular weight is 668 g/mol. The van der Waals surface area contributed by atoms with E-state index in [0.29, 0.717) is 17.9 Å². The molecule has 0 radical (unpaired) electrons. The summed E-state index contributed by atoms with van der Waals surface area (Å²) in [4.78, 5) is 56.8. The van der Waals surface area contributed by atoms with Crippen LogP contribution in [0.25, 0.3) is 0 Å². The van der Waals surface area contributed by atoms with Crippen LogP contribution in [0.5, 0.6) is 0 Å². The van der Waals surface area contributed by atoms with E-state index in [4.69, 9.17) is 9.47 Å². The molecule has 4 unspecified atom stereocenters. The van der Waals surface area contributed by atoms with Crippen LogP contribution in [-0.4, -0.2) is 69.8 Å². The van der Waals surface area contributed by atoms with Crippen molar-refractivity contribution in [2.75, 3.05) is 6.61 Å². The highest BCUT2D eigenvalue weighted by Gasteiger charge is 2.40. The summed E-state index contributed by atoms with van der Waals surface area (Å²) in [6, 6.07) is 10.6. The van der Waals surface area contributed by atoms with Crippen molar-refractivity contribution in [3.8, 4) is 0 Å². The third kappa shape index (κ3) is 12.9. The molecule has 2 aromatic rings. The van der Waals surface area contributed by atoms with Crippen LogP contribution in [-0.2, 0) is 30.3 Å². The average Bonchev–Trinajstić information content (AvgIpc) is 2.96. The minimum atomic E-state index is -1.39. The number of rotatable bonds is 14. The van der Waals surface area contributed by atoms with Crippen molar-refractivity contribution in [1.82, 2.24) is 15.5 Å². The lowest BCUT2D eigenvalue weighted by Crippen LogP contribution is -2.58. The monoisotopic (exact) mass is 667 g/mol. The number of carbonyl (C=O) groups excluding carboxylic acids is 4. The zero-order chi connectivity index (χ0) is 36.4. The number of ether oxygens (including phenoxy) is 2. The first kappa shape index (κ1) is 40.3. The second-order valence-corrected chi connectivity index (χ2v) is 15.0. The number of nitrogens with zero attached hydrogens (tertiary/aromatic N) is 1. The van der Waals surface area contributed by atoms with Gasteiger partial charge in [0, 0.05) is 12.5 Å². The lowest BCUT2D eigenvalue weighted by atomic mass is 9.94. The number of esters is 1. The fourth-order valence-electron chi connectivity index (χ4n) is 5.17. The lowest BCUT2D eigenvalue weighted by Gasteiger charge is -2.39. The largest absolute Gasteiger partial charge is 0.458 e. The van der Waals surface area contributed by atoms with Crippen molar-refractivity contribution in [3.05, 3.63) is 70.8 Å². The number of hydrogen-bond donors (Lipinski definition) is 3. The molecule has 0 saturated heterocycles. The number of benzene rings is 2. The van der Waals surface area contributed by atoms with Crippen LogP contribution >= 0.6 is 0 Å². The Morgan fingerprint density at radius 1 is 0.792 bits per heavy atom. The van der Waals surface area contributed by atoms with Crippen molar-refractivity contribution < 1.29 is 33.8 Å². The first-order chi connectivity index (χ1) is 22.2. The molecule has 0 aliphatic heterocycles. The molecule has 10 nitrogen and oxygen atoms in total. The maximum Gasteiger partial charge on any atom is 0.408 e. The molecule has 0 aliphatic carbocycles. The maximum absolute atomic E-state index is 14.6. The number of aliphatic hydroxyl groups excluding tert-OH is 1. The fourth-order valence-corrected chi connectivity index (χ4v) is 5.17. The van der Waals surface area contributed by atoms with Gasteiger partial charge in [0.2, 0.25) is 11.8 Å². The van der Waals surface area contributed by atoms with E-state index in [0.717, 1.165) is 23.1 Å². The van der Waals surface area contributed by atoms with Gasteiger partial charge >= 0.3 is 12.1 Å². The Morgan fingerprint density at radius 3 is 1.92 bits per heavy atom. The normalized spacial score (nSPS) is 14.4. The summed E-state index contributed by atoms with van der Waals surface area (Å²) in [5, 5.41) is 15.8. The first-order valence-electron chi connectivity index (χ1n) is 16.8. The number of carbonyl (C=O) groups is 4. The van der Waals surface area contributed by atoms with E-state index in [2.05, 4.69) is 24.5 Å². The topological polar surface area (TPSA) is 134 Å². The molecule has 3 N–H and O–H groups in total. The van der Waals surface area contributed by atoms with Crippen LogP contribution in [0.4, 0.5) is 4.79 Å². The Labute approximate surface area is 287 Å². The standard InChI is InChI=1S/C38H57N3O7/c1-24(2)17-19-27(5)41(34(44)31(23-42)40-36(46)48-38(9,10)11)32(29-20-18-25(3)26(4)21-29)33(43)39-30(35(45)47-37(6,7)8)22-28-15-13-12-14-16-28/h12-16,18,20-21,24,27,30-32,42H,17,19,22-23H2,1-11H3,(H,39,43)(H,40,46). The summed E-state index contributed by atoms with van der Waals surface area (Å²) in [5.74, 6) is -1.54. The lowest BCUT2D eigenvalue weighted by molar-refractivity contribution is -0.159. The van der Waals surface area contributed by atoms with Crippen LogP contribution < -0.4 is 10.6 Å². The minimum absolute atomic E-state index is 0.164. The van der Waals surface area contributed by atoms with E-state index in [9.17, 15) is 24.3 Å². The summed E-state index contributed by atoms with van der Waals surface area (Å²) in [7, 11) is 0. The molecule has 0 fully saturated rings. The van der Waals surface area contributed by atoms with Gasteiger partial charge in [0.1, 0.15) is 29.3 Å². The van der Waals surface area contributed by atoms with Gasteiger partial charge in [-0.3, -0.25) is 9.59 Å². The number of aliphatic hydroxyl groups is 1. The fraction of sp³-hybridized carbons (Fsp3) is 0.579. The molecule has 0 spiro atoms. The predicted octanol–water partition coefficient (Wildman–Crippen LogP) is 5.95. The van der Waals surface area contributed by atoms with E-state index in [1.54, 1.807) is 47.6 Å². The quantitative estimate of drug-likeness (QED) is 0.212. The molecule has 0 aliphatic rings. The Hall–Kier alpha value is -3.92. The molecule has 3 amide bonds. The van der Waals surface area contributed by atoms with Crippen molar-refractivity contribution >= 4 is 23.9 Å². The number of aryl methyl sites for hydroxylation is 2. The Morgan fingerprint density at radius 2 is 1.40 bits per heavy atom. The van der Waals surface area contributed by atoms with E-state index in [1.165, 1.54) is 4.90 Å². The number of amides is 3. The molecular weight excluding hydrogens is 610 g/mol. The molecule has 0 saturated carbocycles. The summed E-state index contributed by atoms with van der Waals surface area (Å²) in [6.07, 6.45) is 0.591. The number of alkyl carbamates (subject to hydrolysis) is 1. The van der Waals surface area contributed by atoms with Crippen molar-refractivity contribution in [2.45, 2.75) is 131 Å². The van der Waals surface area contributed by atoms with Gasteiger partial charge < -0.3 is 30.1 Å². The maximum atomic E-state index is 14.6. The predicted molar refractivity (Wildman–Crippen MR) is 187 cm³/mol. The van der Waals surface area contributed by atoms with Crippen molar-refractivity contribution in [1.29, 1.82) is 0 Å². The SMILES string of the molecule is Cc1ccc(C(C(=O)NC(Cc2ccccc2)C(=O)OC(C)(C)C)N(C(=O)C(CO)NC(=O)OC(C)(C)C)C(C)CCC(C)C)cc1C. The van der Waals surface area contributed by atoms with E-state index < -0.39 is 65.9 Å². The third-order valence-corrected chi connectivity index (χ3v) is 7.73. The smallest absolute Gasteiger partial charge is 0.408 e. The number of nitrogens with one attached hydrogen (secondary N) is 2. The zero-order valence-corrected chi connectivity index (χ0v) is 30.7. The molecule has 0 heterocycles. The molecule has 2 aromatic carbocycles. The summed E-state index contributed by atoms with van der Waals surface area (Å²) < 4.78 is 11.1. The highest BCUT2D eigenvalue weighted by molar-refractivity contribution is 5.94. The second-order valence-electron chi connectivity index (χ2n) is 15.0. The Kier molecular flexibility index (Phi) is 14.7. The Bertz CT molecular complexity index is 1380. The van der Waals surface area contributed by atoms with Gasteiger partial charge in [0.25, 0.3) is 0 Å². The summed E-state index contributed by atoms with van der Waals surface area (Å²) >= 11 is 0. The second kappa shape index (κ2) is 17.5. The number of hydrogen-bond acceptors (Lipinski definition) is 7. The van der Waals surface area contributed by atoms with Crippen LogP contribution in [0.1, 0.15) is 103 Å². The van der Waals surface area contributed by atoms with Gasteiger partial charge in [0.05, 0.1) is 6.61 Å². The van der Waals surface area contributed by atoms with Gasteiger partial charge in [-0.05, 0) is 103 Å². The van der Waals surface area contributed by atoms with Crippen LogP contribution in [0.3, 0.4) is 0 Å². The summed E-state index contributed by atoms with van der Waals surface area (Å²) in [5.41, 5.74) is 1.60. The van der Waals surface area contributed by atoms with Crippen LogP contribution in [0, 0.1) is 19.8 Å². The summed E-state index contributed by atoms with van der Waals surface area (Å²) in [6.45, 7) is 19.5. The van der Waals surface area contributed by atoms with E-state index >= 15 is 0 Å². The molecule has 2 rings (SSSR count). The van der Waals surface area contributed by atoms with Gasteiger partial charge in [0.15, 0.2) is 0 Å². The molecule has 4 atom stereocenters. The molecule has 0 aromatic heterocycles. The van der Waals surface area contributed by atoms with Crippen LogP contribution in [0.2, 0.25) is 0 Å². The van der Waals surface area contributed by atoms with Crippen molar-refractivity contribution in [2.24, 2.45) is 5.92 Å². The minimum Gasteiger partial charge on any atom is -0.458 e. The van der Waals surface area contributed by atoms with E-state index in [-0.39, 0.29) is 6.42 Å². The van der Waals surface area contributed by atoms with E-state index in [1.807, 2.05) is 63.2 Å². The van der Waals surface area contributed by atoms with Gasteiger partial charge in [-0.15, -0.1) is 0 Å². The molecular formula is C38H57N3O7. The first-order valence-corrected chi connectivity index (χ1v) is 16.8. The third-order valence-electron chi connectivity index (χ3n) is 7.73. The van der Waals surface area contributed by atoms with Gasteiger partial charge in [-0.1, -0.05) is 62.4 Å². The highest BCUT2D eigenvalue weighted by Crippen LogP contribution is 2.29. The molecule has 10 heteroatoms. The molecule has 48 heavy (non-hydrogen) atoms. The Balaban J connectivity index is 2.69. The molecule has 266 valence electrons. The highest BCUT2D eigenvalue weighted by atomic mass is 16.6. The van der Waals surface area contributed by atoms with Gasteiger partial charge in [-0.25, -0.2) is 9.59 Å². The van der Waals surface area contributed by atoms with Gasteiger partial charge in [-0.2, -0.15) is 0 Å².